The van der Waals surface area contributed by atoms with Crippen LogP contribution in [0.5, 0.6) is 5.75 Å². The molecule has 2 unspecified atom stereocenters. The van der Waals surface area contributed by atoms with Gasteiger partial charge >= 0.3 is 0 Å². The van der Waals surface area contributed by atoms with E-state index in [-0.39, 0.29) is 23.8 Å². The molecule has 238 valence electrons. The first kappa shape index (κ1) is 31.9. The van der Waals surface area contributed by atoms with Crippen molar-refractivity contribution >= 4 is 34.4 Å². The fourth-order valence-corrected chi connectivity index (χ4v) is 6.30. The van der Waals surface area contributed by atoms with Crippen LogP contribution >= 0.6 is 0 Å². The molecule has 0 bridgehead atoms. The van der Waals surface area contributed by atoms with Gasteiger partial charge in [-0.25, -0.2) is 14.6 Å². The topological polar surface area (TPSA) is 169 Å². The lowest BCUT2D eigenvalue weighted by atomic mass is 9.82. The Morgan fingerprint density at radius 3 is 2.47 bits per heavy atom. The van der Waals surface area contributed by atoms with Gasteiger partial charge in [0.25, 0.3) is 5.97 Å². The zero-order valence-corrected chi connectivity index (χ0v) is 26.1. The first-order valence-corrected chi connectivity index (χ1v) is 15.1. The number of anilines is 2. The van der Waals surface area contributed by atoms with Crippen LogP contribution in [0.4, 0.5) is 11.5 Å². The van der Waals surface area contributed by atoms with Crippen LogP contribution < -0.4 is 15.8 Å². The van der Waals surface area contributed by atoms with Crippen LogP contribution in [0.15, 0.2) is 54.9 Å². The number of ether oxygens (including phenoxy) is 1. The Morgan fingerprint density at radius 1 is 1.13 bits per heavy atom. The third-order valence-corrected chi connectivity index (χ3v) is 8.45. The first-order chi connectivity index (χ1) is 21.5. The summed E-state index contributed by atoms with van der Waals surface area (Å²) in [7, 11) is 5.55. The summed E-state index contributed by atoms with van der Waals surface area (Å²) in [5.74, 6) is 0.247. The molecule has 2 atom stereocenters. The Bertz CT molecular complexity index is 1660. The van der Waals surface area contributed by atoms with Gasteiger partial charge in [-0.15, -0.1) is 0 Å². The van der Waals surface area contributed by atoms with Gasteiger partial charge in [0.1, 0.15) is 23.6 Å². The number of rotatable bonds is 8. The zero-order chi connectivity index (χ0) is 32.3. The fraction of sp³-hybridized carbons (Fsp3) is 0.424. The predicted octanol–water partition coefficient (Wildman–Crippen LogP) is 4.33. The molecule has 12 heteroatoms. The summed E-state index contributed by atoms with van der Waals surface area (Å²) < 4.78 is 7.64. The molecule has 6 rings (SSSR count). The normalized spacial score (nSPS) is 22.4. The van der Waals surface area contributed by atoms with Crippen LogP contribution in [0, 0.1) is 5.92 Å². The van der Waals surface area contributed by atoms with E-state index in [0.29, 0.717) is 53.4 Å². The van der Waals surface area contributed by atoms with Gasteiger partial charge in [0.15, 0.2) is 5.65 Å². The number of benzene rings is 2. The fourth-order valence-electron chi connectivity index (χ4n) is 6.30. The van der Waals surface area contributed by atoms with Crippen LogP contribution in [-0.4, -0.2) is 80.1 Å². The maximum Gasteiger partial charge on any atom is 0.300 e. The van der Waals surface area contributed by atoms with Crippen molar-refractivity contribution in [1.82, 2.24) is 24.6 Å². The number of likely N-dealkylation sites (N-methyl/N-ethyl adjacent to an activating group) is 1. The summed E-state index contributed by atoms with van der Waals surface area (Å²) in [6, 6.07) is 15.9. The van der Waals surface area contributed by atoms with E-state index in [4.69, 9.17) is 25.5 Å². The molecule has 2 aromatic carbocycles. The molecule has 2 saturated carbocycles. The van der Waals surface area contributed by atoms with E-state index in [9.17, 15) is 9.90 Å². The Morgan fingerprint density at radius 2 is 1.82 bits per heavy atom. The highest BCUT2D eigenvalue weighted by Gasteiger charge is 2.44. The summed E-state index contributed by atoms with van der Waals surface area (Å²) in [6.45, 7) is 1.72. The summed E-state index contributed by atoms with van der Waals surface area (Å²) in [6.07, 6.45) is 5.23. The number of nitrogens with one attached hydrogen (secondary N) is 1. The molecule has 45 heavy (non-hydrogen) atoms. The lowest BCUT2D eigenvalue weighted by Gasteiger charge is -2.37. The average molecular weight is 616 g/mol. The number of nitrogens with two attached hydrogens (primary N) is 1. The third-order valence-electron chi connectivity index (χ3n) is 8.45. The van der Waals surface area contributed by atoms with Gasteiger partial charge in [-0.3, -0.25) is 9.59 Å². The molecule has 0 radical (unpaired) electrons. The van der Waals surface area contributed by atoms with Crippen LogP contribution in [0.1, 0.15) is 56.6 Å². The Kier molecular flexibility index (Phi) is 9.35. The quantitative estimate of drug-likeness (QED) is 0.224. The second-order valence-electron chi connectivity index (χ2n) is 12.2. The number of amides is 1. The molecule has 5 N–H and O–H groups in total. The van der Waals surface area contributed by atoms with Crippen molar-refractivity contribution in [3.63, 3.8) is 0 Å². The number of nitrogen functional groups attached to an aromatic ring is 1. The molecule has 2 aliphatic rings. The molecule has 2 aliphatic carbocycles. The van der Waals surface area contributed by atoms with Gasteiger partial charge in [0.2, 0.25) is 5.91 Å². The molecule has 2 heterocycles. The van der Waals surface area contributed by atoms with Gasteiger partial charge in [0, 0.05) is 24.9 Å². The smallest absolute Gasteiger partial charge is 0.300 e. The van der Waals surface area contributed by atoms with E-state index in [1.165, 1.54) is 11.9 Å². The molecule has 0 saturated heterocycles. The second-order valence-corrected chi connectivity index (χ2v) is 12.2. The van der Waals surface area contributed by atoms with E-state index in [2.05, 4.69) is 27.4 Å². The maximum atomic E-state index is 13.0. The van der Waals surface area contributed by atoms with Crippen molar-refractivity contribution < 1.29 is 24.5 Å². The lowest BCUT2D eigenvalue weighted by Crippen LogP contribution is -2.43. The summed E-state index contributed by atoms with van der Waals surface area (Å²) >= 11 is 0. The van der Waals surface area contributed by atoms with Crippen LogP contribution in [0.25, 0.3) is 22.3 Å². The van der Waals surface area contributed by atoms with Crippen molar-refractivity contribution in [3.05, 3.63) is 60.4 Å². The highest BCUT2D eigenvalue weighted by molar-refractivity contribution is 6.00. The zero-order valence-electron chi connectivity index (χ0n) is 26.1. The summed E-state index contributed by atoms with van der Waals surface area (Å²) in [5, 5.41) is 27.2. The summed E-state index contributed by atoms with van der Waals surface area (Å²) in [5.41, 5.74) is 9.59. The molecule has 4 aromatic rings. The minimum absolute atomic E-state index is 0.0104. The van der Waals surface area contributed by atoms with Crippen molar-refractivity contribution in [2.75, 3.05) is 38.8 Å². The Labute approximate surface area is 262 Å². The number of nitrogens with zero attached hydrogens (tertiary/aromatic N) is 5. The number of aliphatic hydroxyl groups is 1. The number of aliphatic carboxylic acids is 1. The van der Waals surface area contributed by atoms with Gasteiger partial charge in [-0.2, -0.15) is 5.10 Å². The van der Waals surface area contributed by atoms with E-state index in [1.54, 1.807) is 7.11 Å². The number of hydrogen-bond donors (Lipinski definition) is 4. The van der Waals surface area contributed by atoms with Crippen LogP contribution in [0.2, 0.25) is 0 Å². The Hall–Kier alpha value is -4.55. The number of aromatic nitrogens is 4. The molecule has 0 aliphatic heterocycles. The molecule has 2 fully saturated rings. The van der Waals surface area contributed by atoms with Crippen LogP contribution in [0.3, 0.4) is 0 Å². The molecule has 1 amide bonds. The van der Waals surface area contributed by atoms with E-state index >= 15 is 0 Å². The van der Waals surface area contributed by atoms with E-state index < -0.39 is 11.6 Å². The number of methoxy groups -OCH3 is 1. The highest BCUT2D eigenvalue weighted by atomic mass is 16.5. The molecular formula is C33H41N7O5. The second kappa shape index (κ2) is 13.2. The van der Waals surface area contributed by atoms with Crippen molar-refractivity contribution in [3.8, 4) is 17.0 Å². The number of carbonyl (C=O) groups excluding carboxylic acids is 1. The molecule has 12 nitrogen and oxygen atoms in total. The largest absolute Gasteiger partial charge is 0.495 e. The summed E-state index contributed by atoms with van der Waals surface area (Å²) in [4.78, 5) is 32.9. The number of carboxylic acids is 1. The van der Waals surface area contributed by atoms with Gasteiger partial charge in [-0.05, 0) is 69.8 Å². The number of carboxylic acid groups (broad SMARTS) is 1. The predicted molar refractivity (Wildman–Crippen MR) is 172 cm³/mol. The molecule has 0 spiro atoms. The molecular weight excluding hydrogens is 574 g/mol. The van der Waals surface area contributed by atoms with E-state index in [1.807, 2.05) is 60.1 Å². The minimum Gasteiger partial charge on any atom is -0.495 e. The Balaban J connectivity index is 0.000000945. The monoisotopic (exact) mass is 615 g/mol. The SMILES string of the molecule is CC(=O)O.COc1cc(-c2nn(C3CCC(O)(CN(C)C)CC3)c3ncnc(N)c23)ccc1NC(=O)C1CC1c1ccccc1. The first-order valence-electron chi connectivity index (χ1n) is 15.1. The van der Waals surface area contributed by atoms with Gasteiger partial charge < -0.3 is 30.9 Å². The maximum absolute atomic E-state index is 13.0. The van der Waals surface area contributed by atoms with Gasteiger partial charge in [0.05, 0.1) is 29.8 Å². The van der Waals surface area contributed by atoms with Crippen molar-refractivity contribution in [2.24, 2.45) is 5.92 Å². The van der Waals surface area contributed by atoms with Crippen molar-refractivity contribution in [1.29, 1.82) is 0 Å². The number of fused-ring (bicyclic) bond motifs is 1. The lowest BCUT2D eigenvalue weighted by molar-refractivity contribution is -0.134. The minimum atomic E-state index is -0.833. The van der Waals surface area contributed by atoms with E-state index in [0.717, 1.165) is 31.7 Å². The molecule has 2 aromatic heterocycles. The van der Waals surface area contributed by atoms with Gasteiger partial charge in [-0.1, -0.05) is 36.4 Å². The van der Waals surface area contributed by atoms with Crippen LogP contribution in [-0.2, 0) is 9.59 Å². The number of carbonyl (C=O) groups is 2. The number of hydrogen-bond acceptors (Lipinski definition) is 9. The standard InChI is InChI=1S/C31H37N7O3.C2H4O2/c1-37(2)17-31(40)13-11-21(12-14-31)38-29-26(28(32)33-18-34-29)27(36-38)20-9-10-24(25(15-20)41-3)35-30(39)23-16-22(23)19-7-5-4-6-8-19;1-2(3)4/h4-10,15,18,21-23,40H,11-14,16-17H2,1-3H3,(H,35,39)(H2,32,33,34);1H3,(H,3,4). The highest BCUT2D eigenvalue weighted by Crippen LogP contribution is 2.48. The average Bonchev–Trinajstić information content (AvgIpc) is 3.71. The van der Waals surface area contributed by atoms with Crippen molar-refractivity contribution in [2.45, 2.75) is 56.6 Å². The third kappa shape index (κ3) is 7.23.